The highest BCUT2D eigenvalue weighted by Crippen LogP contribution is 2.11. The lowest BCUT2D eigenvalue weighted by atomic mass is 10.1. The van der Waals surface area contributed by atoms with Crippen molar-refractivity contribution in [1.29, 1.82) is 0 Å². The first-order valence-corrected chi connectivity index (χ1v) is 5.52. The third-order valence-electron chi connectivity index (χ3n) is 2.51. The first-order valence-electron chi connectivity index (χ1n) is 5.52. The van der Waals surface area contributed by atoms with Crippen LogP contribution in [0.4, 0.5) is 0 Å². The van der Waals surface area contributed by atoms with Gasteiger partial charge in [0.25, 0.3) is 0 Å². The Morgan fingerprint density at radius 3 is 2.67 bits per heavy atom. The molecule has 18 heavy (non-hydrogen) atoms. The predicted molar refractivity (Wildman–Crippen MR) is 75.9 cm³/mol. The Morgan fingerprint density at radius 1 is 1.39 bits per heavy atom. The standard InChI is InChI=1S/C12H16N4O.ClH/c1-9(15-16-12-13-7-8-14-12)10-3-5-11(17-2)6-4-10;/h3-6H,7-8H2,1-2H3,(H2,13,14,16);1H/b15-9+;. The Bertz CT molecular complexity index is 442. The molecule has 0 saturated heterocycles. The summed E-state index contributed by atoms with van der Waals surface area (Å²) >= 11 is 0. The van der Waals surface area contributed by atoms with E-state index >= 15 is 0 Å². The van der Waals surface area contributed by atoms with Gasteiger partial charge in [0.2, 0.25) is 5.96 Å². The summed E-state index contributed by atoms with van der Waals surface area (Å²) in [6, 6.07) is 7.78. The molecule has 2 rings (SSSR count). The predicted octanol–water partition coefficient (Wildman–Crippen LogP) is 1.39. The fraction of sp³-hybridized carbons (Fsp3) is 0.333. The molecule has 6 heteroatoms. The number of nitrogens with zero attached hydrogens (tertiary/aromatic N) is 2. The third-order valence-corrected chi connectivity index (χ3v) is 2.51. The van der Waals surface area contributed by atoms with Crippen molar-refractivity contribution in [3.63, 3.8) is 0 Å². The van der Waals surface area contributed by atoms with Crippen LogP contribution in [0.2, 0.25) is 0 Å². The van der Waals surface area contributed by atoms with Crippen molar-refractivity contribution in [3.8, 4) is 5.75 Å². The van der Waals surface area contributed by atoms with Crippen LogP contribution in [0.3, 0.4) is 0 Å². The highest BCUT2D eigenvalue weighted by molar-refractivity contribution is 5.99. The second-order valence-electron chi connectivity index (χ2n) is 3.69. The number of benzene rings is 1. The quantitative estimate of drug-likeness (QED) is 0.643. The largest absolute Gasteiger partial charge is 0.497 e. The van der Waals surface area contributed by atoms with Crippen molar-refractivity contribution in [2.75, 3.05) is 20.2 Å². The van der Waals surface area contributed by atoms with E-state index in [4.69, 9.17) is 4.74 Å². The van der Waals surface area contributed by atoms with Gasteiger partial charge in [-0.25, -0.2) is 10.4 Å². The smallest absolute Gasteiger partial charge is 0.212 e. The summed E-state index contributed by atoms with van der Waals surface area (Å²) in [7, 11) is 1.65. The van der Waals surface area contributed by atoms with E-state index in [1.807, 2.05) is 31.2 Å². The number of hydrazone groups is 1. The third kappa shape index (κ3) is 3.63. The summed E-state index contributed by atoms with van der Waals surface area (Å²) in [5.41, 5.74) is 4.86. The van der Waals surface area contributed by atoms with E-state index in [1.165, 1.54) is 0 Å². The van der Waals surface area contributed by atoms with Gasteiger partial charge in [0.1, 0.15) is 5.75 Å². The van der Waals surface area contributed by atoms with Crippen LogP contribution in [0.5, 0.6) is 5.75 Å². The van der Waals surface area contributed by atoms with Crippen LogP contribution in [-0.2, 0) is 0 Å². The lowest BCUT2D eigenvalue weighted by Gasteiger charge is -2.04. The molecule has 98 valence electrons. The maximum absolute atomic E-state index is 5.11. The van der Waals surface area contributed by atoms with E-state index in [-0.39, 0.29) is 12.4 Å². The van der Waals surface area contributed by atoms with Gasteiger partial charge >= 0.3 is 0 Å². The van der Waals surface area contributed by atoms with Gasteiger partial charge in [-0.05, 0) is 36.8 Å². The molecular formula is C12H17ClN4O. The second kappa shape index (κ2) is 6.86. The summed E-state index contributed by atoms with van der Waals surface area (Å²) < 4.78 is 5.11. The molecule has 1 aromatic rings. The Hall–Kier alpha value is -1.75. The van der Waals surface area contributed by atoms with Gasteiger partial charge in [0.15, 0.2) is 0 Å². The molecule has 0 spiro atoms. The van der Waals surface area contributed by atoms with Crippen molar-refractivity contribution in [2.45, 2.75) is 6.92 Å². The maximum Gasteiger partial charge on any atom is 0.212 e. The van der Waals surface area contributed by atoms with Crippen LogP contribution in [0, 0.1) is 0 Å². The first kappa shape index (κ1) is 14.3. The van der Waals surface area contributed by atoms with Crippen molar-refractivity contribution in [3.05, 3.63) is 29.8 Å². The number of hydrogen-bond acceptors (Lipinski definition) is 5. The average Bonchev–Trinajstić information content (AvgIpc) is 2.89. The minimum atomic E-state index is 0. The number of methoxy groups -OCH3 is 1. The van der Waals surface area contributed by atoms with Crippen LogP contribution in [0.25, 0.3) is 0 Å². The minimum Gasteiger partial charge on any atom is -0.497 e. The molecule has 0 aliphatic carbocycles. The van der Waals surface area contributed by atoms with Gasteiger partial charge < -0.3 is 10.1 Å². The Morgan fingerprint density at radius 2 is 2.11 bits per heavy atom. The SMILES string of the molecule is COc1ccc(/C(C)=N/NC2=NCCN2)cc1.Cl. The lowest BCUT2D eigenvalue weighted by molar-refractivity contribution is 0.415. The number of guanidine groups is 1. The molecule has 0 bridgehead atoms. The molecule has 5 nitrogen and oxygen atoms in total. The molecule has 1 heterocycles. The fourth-order valence-electron chi connectivity index (χ4n) is 1.51. The monoisotopic (exact) mass is 268 g/mol. The van der Waals surface area contributed by atoms with E-state index < -0.39 is 0 Å². The molecule has 1 aliphatic rings. The van der Waals surface area contributed by atoms with Gasteiger partial charge in [-0.2, -0.15) is 5.10 Å². The molecule has 0 radical (unpaired) electrons. The number of ether oxygens (including phenoxy) is 1. The second-order valence-corrected chi connectivity index (χ2v) is 3.69. The molecule has 0 amide bonds. The number of nitrogens with one attached hydrogen (secondary N) is 2. The first-order chi connectivity index (χ1) is 8.29. The van der Waals surface area contributed by atoms with Crippen molar-refractivity contribution < 1.29 is 4.74 Å². The van der Waals surface area contributed by atoms with Crippen molar-refractivity contribution in [1.82, 2.24) is 10.7 Å². The maximum atomic E-state index is 5.11. The number of halogens is 1. The molecule has 0 fully saturated rings. The van der Waals surface area contributed by atoms with E-state index in [0.29, 0.717) is 0 Å². The van der Waals surface area contributed by atoms with Crippen molar-refractivity contribution >= 4 is 24.1 Å². The molecule has 2 N–H and O–H groups in total. The summed E-state index contributed by atoms with van der Waals surface area (Å²) in [5, 5.41) is 7.36. The summed E-state index contributed by atoms with van der Waals surface area (Å²) in [6.45, 7) is 3.63. The molecular weight excluding hydrogens is 252 g/mol. The Labute approximate surface area is 113 Å². The highest BCUT2D eigenvalue weighted by atomic mass is 35.5. The van der Waals surface area contributed by atoms with E-state index in [0.717, 1.165) is 36.1 Å². The van der Waals surface area contributed by atoms with Crippen LogP contribution in [-0.4, -0.2) is 31.9 Å². The van der Waals surface area contributed by atoms with E-state index in [2.05, 4.69) is 20.8 Å². The van der Waals surface area contributed by atoms with Gasteiger partial charge in [-0.1, -0.05) is 0 Å². The van der Waals surface area contributed by atoms with E-state index in [9.17, 15) is 0 Å². The highest BCUT2D eigenvalue weighted by Gasteiger charge is 2.03. The molecule has 1 aliphatic heterocycles. The summed E-state index contributed by atoms with van der Waals surface area (Å²) in [5.74, 6) is 1.58. The Kier molecular flexibility index (Phi) is 5.45. The van der Waals surface area contributed by atoms with Gasteiger partial charge in [-0.3, -0.25) is 0 Å². The summed E-state index contributed by atoms with van der Waals surface area (Å²) in [6.07, 6.45) is 0. The van der Waals surface area contributed by atoms with Crippen LogP contribution in [0.1, 0.15) is 12.5 Å². The zero-order valence-corrected chi connectivity index (χ0v) is 11.3. The lowest BCUT2D eigenvalue weighted by Crippen LogP contribution is -2.30. The zero-order chi connectivity index (χ0) is 12.1. The minimum absolute atomic E-state index is 0. The zero-order valence-electron chi connectivity index (χ0n) is 10.4. The number of hydrogen-bond donors (Lipinski definition) is 2. The molecule has 0 saturated carbocycles. The average molecular weight is 269 g/mol. The van der Waals surface area contributed by atoms with Gasteiger partial charge in [0, 0.05) is 6.54 Å². The van der Waals surface area contributed by atoms with Gasteiger partial charge in [0.05, 0.1) is 19.4 Å². The topological polar surface area (TPSA) is 58.0 Å². The molecule has 1 aromatic carbocycles. The van der Waals surface area contributed by atoms with Crippen molar-refractivity contribution in [2.24, 2.45) is 10.1 Å². The molecule has 0 aromatic heterocycles. The normalized spacial score (nSPS) is 14.3. The Balaban J connectivity index is 0.00000162. The van der Waals surface area contributed by atoms with Gasteiger partial charge in [-0.15, -0.1) is 12.4 Å². The fourth-order valence-corrected chi connectivity index (χ4v) is 1.51. The van der Waals surface area contributed by atoms with Crippen LogP contribution >= 0.6 is 12.4 Å². The molecule has 0 atom stereocenters. The van der Waals surface area contributed by atoms with Crippen LogP contribution in [0.15, 0.2) is 34.4 Å². The summed E-state index contributed by atoms with van der Waals surface area (Å²) in [4.78, 5) is 4.20. The number of aliphatic imine (C=N–C) groups is 1. The van der Waals surface area contributed by atoms with E-state index in [1.54, 1.807) is 7.11 Å². The number of rotatable bonds is 3. The van der Waals surface area contributed by atoms with Crippen LogP contribution < -0.4 is 15.5 Å². The molecule has 0 unspecified atom stereocenters.